The molecule has 4 saturated heterocycles. The number of para-hydroxylation sites is 1. The fourth-order valence-electron chi connectivity index (χ4n) is 15.0. The van der Waals surface area contributed by atoms with Crippen molar-refractivity contribution in [3.8, 4) is 5.75 Å². The number of ether oxygens (including phenoxy) is 12. The molecule has 27 atom stereocenters. The van der Waals surface area contributed by atoms with Gasteiger partial charge in [0, 0.05) is 39.6 Å². The molecule has 1 aromatic carbocycles. The smallest absolute Gasteiger partial charge is 0.342 e. The highest BCUT2D eigenvalue weighted by atomic mass is 16.8. The van der Waals surface area contributed by atoms with Crippen LogP contribution in [0.5, 0.6) is 5.75 Å². The summed E-state index contributed by atoms with van der Waals surface area (Å²) in [6.45, 7) is 10.7. The number of carbonyl (C=O) groups is 1. The Morgan fingerprint density at radius 3 is 1.97 bits per heavy atom. The quantitative estimate of drug-likeness (QED) is 0.0924. The molecule has 21 heteroatoms. The molecule has 8 aliphatic rings. The van der Waals surface area contributed by atoms with E-state index in [1.165, 1.54) is 24.8 Å². The third kappa shape index (κ3) is 10.4. The fraction of sp³-hybridized carbons (Fsp3) is 0.836. The molecule has 0 unspecified atom stereocenters. The normalized spacial score (nSPS) is 48.9. The van der Waals surface area contributed by atoms with Gasteiger partial charge in [0.15, 0.2) is 25.2 Å². The maximum atomic E-state index is 13.8. The van der Waals surface area contributed by atoms with E-state index < -0.39 is 146 Å². The highest BCUT2D eigenvalue weighted by molar-refractivity contribution is 5.92. The number of aliphatic hydroxyl groups is 7. The summed E-state index contributed by atoms with van der Waals surface area (Å²) in [4.78, 5) is 13.8. The molecule has 9 rings (SSSR count). The summed E-state index contributed by atoms with van der Waals surface area (Å²) in [5.74, 6) is -1.24. The second-order valence-corrected chi connectivity index (χ2v) is 23.3. The summed E-state index contributed by atoms with van der Waals surface area (Å²) >= 11 is 0. The molecule has 76 heavy (non-hydrogen) atoms. The van der Waals surface area contributed by atoms with Gasteiger partial charge in [0.25, 0.3) is 0 Å². The predicted molar refractivity (Wildman–Crippen MR) is 265 cm³/mol. The number of benzene rings is 1. The molecule has 0 spiro atoms. The van der Waals surface area contributed by atoms with Crippen LogP contribution in [0.3, 0.4) is 0 Å². The molecule has 21 nitrogen and oxygen atoms in total. The average molecular weight is 1080 g/mol. The second kappa shape index (κ2) is 23.2. The van der Waals surface area contributed by atoms with Gasteiger partial charge >= 0.3 is 5.97 Å². The molecule has 7 fully saturated rings. The molecule has 3 saturated carbocycles. The van der Waals surface area contributed by atoms with Gasteiger partial charge in [-0.3, -0.25) is 0 Å². The zero-order valence-corrected chi connectivity index (χ0v) is 45.2. The Morgan fingerprint density at radius 2 is 1.34 bits per heavy atom. The van der Waals surface area contributed by atoms with E-state index in [2.05, 4.69) is 13.0 Å². The molecule has 0 aromatic heterocycles. The van der Waals surface area contributed by atoms with Crippen LogP contribution in [0.25, 0.3) is 0 Å². The Bertz CT molecular complexity index is 2160. The van der Waals surface area contributed by atoms with Gasteiger partial charge < -0.3 is 97.7 Å². The topological polar surface area (TPSA) is 290 Å². The maximum absolute atomic E-state index is 13.8. The molecule has 4 aliphatic heterocycles. The first-order valence-electron chi connectivity index (χ1n) is 27.4. The largest absolute Gasteiger partial charge is 0.507 e. The van der Waals surface area contributed by atoms with Crippen LogP contribution in [0.4, 0.5) is 0 Å². The van der Waals surface area contributed by atoms with Gasteiger partial charge in [-0.2, -0.15) is 0 Å². The van der Waals surface area contributed by atoms with E-state index in [9.17, 15) is 45.6 Å². The molecule has 0 amide bonds. The first-order chi connectivity index (χ1) is 36.1. The Kier molecular flexibility index (Phi) is 17.7. The van der Waals surface area contributed by atoms with Crippen molar-refractivity contribution in [2.24, 2.45) is 28.6 Å². The highest BCUT2D eigenvalue weighted by Gasteiger charge is 2.71. The van der Waals surface area contributed by atoms with Gasteiger partial charge in [0.05, 0.1) is 54.9 Å². The Hall–Kier alpha value is -2.49. The van der Waals surface area contributed by atoms with Crippen molar-refractivity contribution < 1.29 is 102 Å². The first kappa shape index (κ1) is 58.2. The number of aromatic hydroxyl groups is 1. The van der Waals surface area contributed by atoms with Crippen LogP contribution >= 0.6 is 0 Å². The molecular weight excluding hydrogens is 997 g/mol. The number of esters is 1. The SMILES string of the molecule is CO[C@H]1[C@@H](O)[C@H](O[C@H]2[C@@H](OC)C[C@H](O[C@H]3[C@@H](OC)C[C@H](O[C@H]4CC[C@@]5(C)C(=CC[C@@H]6[C@@H]5C[C@@H](OC(=O)c5ccccc5O)[C@]5(C)[C@@H]([C@H](C)O)CC[C@]65O)C4)O[C@@H]3C)O[C@@H]2C)O[C@H](C)[C@H]1O[C@@H]1O[C@H](CO)[C@@H](O)[C@H](O)[C@H]1O. The Balaban J connectivity index is 0.804. The van der Waals surface area contributed by atoms with Crippen molar-refractivity contribution >= 4 is 5.97 Å². The third-order valence-corrected chi connectivity index (χ3v) is 19.3. The van der Waals surface area contributed by atoms with Crippen LogP contribution < -0.4 is 0 Å². The minimum atomic E-state index is -1.67. The van der Waals surface area contributed by atoms with Crippen LogP contribution in [0.15, 0.2) is 35.9 Å². The number of phenols is 1. The number of hydrogen-bond donors (Lipinski definition) is 8. The summed E-state index contributed by atoms with van der Waals surface area (Å²) in [6, 6.07) is 6.31. The Morgan fingerprint density at radius 1 is 0.724 bits per heavy atom. The molecule has 0 bridgehead atoms. The van der Waals surface area contributed by atoms with Gasteiger partial charge in [0.1, 0.15) is 72.4 Å². The van der Waals surface area contributed by atoms with Gasteiger partial charge in [-0.1, -0.05) is 37.6 Å². The van der Waals surface area contributed by atoms with Crippen molar-refractivity contribution in [3.63, 3.8) is 0 Å². The molecular formula is C55H84O21. The van der Waals surface area contributed by atoms with Crippen LogP contribution in [0.2, 0.25) is 0 Å². The van der Waals surface area contributed by atoms with Crippen LogP contribution in [-0.4, -0.2) is 209 Å². The molecule has 430 valence electrons. The van der Waals surface area contributed by atoms with Gasteiger partial charge in [-0.25, -0.2) is 4.79 Å². The minimum Gasteiger partial charge on any atom is -0.507 e. The summed E-state index contributed by atoms with van der Waals surface area (Å²) in [5.41, 5.74) is -1.11. The van der Waals surface area contributed by atoms with Crippen molar-refractivity contribution in [1.82, 2.24) is 0 Å². The highest BCUT2D eigenvalue weighted by Crippen LogP contribution is 2.69. The van der Waals surface area contributed by atoms with E-state index in [4.69, 9.17) is 56.8 Å². The summed E-state index contributed by atoms with van der Waals surface area (Å²) in [6.07, 6.45) is -12.1. The van der Waals surface area contributed by atoms with Crippen molar-refractivity contribution in [3.05, 3.63) is 41.5 Å². The lowest BCUT2D eigenvalue weighted by atomic mass is 9.44. The van der Waals surface area contributed by atoms with Crippen LogP contribution in [-0.2, 0) is 56.8 Å². The van der Waals surface area contributed by atoms with Gasteiger partial charge in [-0.05, 0) is 108 Å². The van der Waals surface area contributed by atoms with Gasteiger partial charge in [0.2, 0.25) is 0 Å². The standard InChI is InChI=1S/C55H84O21/c1-25(57)32-17-19-55(64)33-15-14-29-20-30(16-18-53(29,5)34(33)21-39(54(32,55)6)73-50(63)31-12-10-11-13-35(31)58)71-40-22-36(65-7)46(26(2)68-40)74-41-23-37(66-8)47(27(3)69-41)75-52-45(62)49(67-9)48(28(4)70-52)76-51-44(61)43(60)42(59)38(24-56)72-51/h10-14,25-28,30,32-34,36-49,51-52,56-62,64H,15-24H2,1-9H3/t25-,26+,27+,28+,30-,32+,33+,34-,36-,37-,38+,39+,40-,41-,42+,43-,44+,45+,46+,47+,48+,49-,51-,52-,53-,54-,55-/m0/s1. The third-order valence-electron chi connectivity index (χ3n) is 19.3. The monoisotopic (exact) mass is 1080 g/mol. The molecule has 8 N–H and O–H groups in total. The van der Waals surface area contributed by atoms with Gasteiger partial charge in [-0.15, -0.1) is 0 Å². The first-order valence-corrected chi connectivity index (χ1v) is 27.4. The molecule has 4 aliphatic carbocycles. The maximum Gasteiger partial charge on any atom is 0.342 e. The summed E-state index contributed by atoms with van der Waals surface area (Å²) in [5, 5.41) is 87.0. The van der Waals surface area contributed by atoms with E-state index in [0.717, 1.165) is 12.8 Å². The Labute approximate surface area is 444 Å². The predicted octanol–water partition coefficient (Wildman–Crippen LogP) is 2.36. The number of rotatable bonds is 15. The summed E-state index contributed by atoms with van der Waals surface area (Å²) in [7, 11) is 4.55. The van der Waals surface area contributed by atoms with Crippen LogP contribution in [0.1, 0.15) is 110 Å². The second-order valence-electron chi connectivity index (χ2n) is 23.3. The van der Waals surface area contributed by atoms with E-state index in [0.29, 0.717) is 38.5 Å². The lowest BCUT2D eigenvalue weighted by molar-refractivity contribution is -0.373. The molecule has 4 heterocycles. The number of fused-ring (bicyclic) bond motifs is 5. The molecule has 0 radical (unpaired) electrons. The summed E-state index contributed by atoms with van der Waals surface area (Å²) < 4.78 is 74.5. The number of hydrogen-bond acceptors (Lipinski definition) is 21. The molecule has 1 aromatic rings. The number of phenolic OH excluding ortho intramolecular Hbond substituents is 1. The van der Waals surface area contributed by atoms with Crippen molar-refractivity contribution in [2.75, 3.05) is 27.9 Å². The lowest BCUT2D eigenvalue weighted by Crippen LogP contribution is -2.67. The van der Waals surface area contributed by atoms with Crippen LogP contribution in [0, 0.1) is 28.6 Å². The minimum absolute atomic E-state index is 0.0185. The average Bonchev–Trinajstić information content (AvgIpc) is 3.74. The zero-order valence-electron chi connectivity index (χ0n) is 45.2. The van der Waals surface area contributed by atoms with E-state index in [-0.39, 0.29) is 47.0 Å². The number of carbonyl (C=O) groups excluding carboxylic acids is 1. The number of allylic oxidation sites excluding steroid dienone is 1. The van der Waals surface area contributed by atoms with E-state index >= 15 is 0 Å². The number of methoxy groups -OCH3 is 3. The van der Waals surface area contributed by atoms with E-state index in [1.54, 1.807) is 47.1 Å². The van der Waals surface area contributed by atoms with Crippen molar-refractivity contribution in [2.45, 2.75) is 234 Å². The van der Waals surface area contributed by atoms with E-state index in [1.807, 2.05) is 13.8 Å². The zero-order chi connectivity index (χ0) is 54.8. The lowest BCUT2D eigenvalue weighted by Gasteiger charge is -2.63. The fourth-order valence-corrected chi connectivity index (χ4v) is 15.0. The number of aliphatic hydroxyl groups excluding tert-OH is 6. The van der Waals surface area contributed by atoms with Crippen molar-refractivity contribution in [1.29, 1.82) is 0 Å².